The number of primary sulfonamides is 1. The molecule has 0 saturated heterocycles. The van der Waals surface area contributed by atoms with Crippen LogP contribution in [-0.4, -0.2) is 8.42 Å². The van der Waals surface area contributed by atoms with Crippen LogP contribution in [0.5, 0.6) is 0 Å². The molecule has 0 radical (unpaired) electrons. The van der Waals surface area contributed by atoms with Crippen LogP contribution in [-0.2, 0) is 16.4 Å². The Balaban J connectivity index is 1.58. The highest BCUT2D eigenvalue weighted by atomic mass is 32.2. The van der Waals surface area contributed by atoms with Crippen molar-refractivity contribution in [1.29, 1.82) is 0 Å². The van der Waals surface area contributed by atoms with Gasteiger partial charge in [-0.15, -0.1) is 0 Å². The van der Waals surface area contributed by atoms with Gasteiger partial charge in [0.05, 0.1) is 4.90 Å². The standard InChI is InChI=1S/C17H17F2NO2S/c18-16-8-2-11(9-17(16)19)1-3-13-10-15(13)12-4-6-14(7-5-12)23(20,21)22/h2,4-9,13,15H,1,3,10H2,(H2,20,21,22). The topological polar surface area (TPSA) is 60.2 Å². The molecule has 1 fully saturated rings. The van der Waals surface area contributed by atoms with Crippen molar-refractivity contribution in [3.05, 3.63) is 65.2 Å². The number of sulfonamides is 1. The van der Waals surface area contributed by atoms with Gasteiger partial charge in [-0.25, -0.2) is 22.3 Å². The van der Waals surface area contributed by atoms with Gasteiger partial charge in [0.15, 0.2) is 11.6 Å². The third-order valence-electron chi connectivity index (χ3n) is 4.35. The average Bonchev–Trinajstić information content (AvgIpc) is 3.27. The summed E-state index contributed by atoms with van der Waals surface area (Å²) in [5, 5.41) is 5.08. The second-order valence-corrected chi connectivity index (χ2v) is 7.56. The van der Waals surface area contributed by atoms with Crippen molar-refractivity contribution in [3.63, 3.8) is 0 Å². The third kappa shape index (κ3) is 3.76. The minimum Gasteiger partial charge on any atom is -0.225 e. The summed E-state index contributed by atoms with van der Waals surface area (Å²) in [6.07, 6.45) is 2.62. The highest BCUT2D eigenvalue weighted by molar-refractivity contribution is 7.89. The van der Waals surface area contributed by atoms with Gasteiger partial charge in [0.1, 0.15) is 0 Å². The van der Waals surface area contributed by atoms with E-state index in [0.29, 0.717) is 18.3 Å². The van der Waals surface area contributed by atoms with E-state index in [1.54, 1.807) is 18.2 Å². The first-order valence-electron chi connectivity index (χ1n) is 7.41. The quantitative estimate of drug-likeness (QED) is 0.909. The molecule has 0 amide bonds. The van der Waals surface area contributed by atoms with E-state index >= 15 is 0 Å². The molecule has 0 bridgehead atoms. The highest BCUT2D eigenvalue weighted by Gasteiger charge is 2.37. The predicted molar refractivity (Wildman–Crippen MR) is 83.3 cm³/mol. The molecule has 23 heavy (non-hydrogen) atoms. The van der Waals surface area contributed by atoms with Crippen molar-refractivity contribution in [2.45, 2.75) is 30.1 Å². The van der Waals surface area contributed by atoms with Crippen molar-refractivity contribution in [3.8, 4) is 0 Å². The van der Waals surface area contributed by atoms with Crippen LogP contribution in [0.3, 0.4) is 0 Å². The summed E-state index contributed by atoms with van der Waals surface area (Å²) < 4.78 is 48.5. The summed E-state index contributed by atoms with van der Waals surface area (Å²) in [5.41, 5.74) is 1.88. The van der Waals surface area contributed by atoms with E-state index in [2.05, 4.69) is 0 Å². The molecule has 1 aliphatic carbocycles. The van der Waals surface area contributed by atoms with E-state index in [4.69, 9.17) is 5.14 Å². The van der Waals surface area contributed by atoms with Crippen molar-refractivity contribution >= 4 is 10.0 Å². The Hall–Kier alpha value is -1.79. The third-order valence-corrected chi connectivity index (χ3v) is 5.28. The number of halogens is 2. The molecule has 0 spiro atoms. The summed E-state index contributed by atoms with van der Waals surface area (Å²) in [7, 11) is -3.66. The number of hydrogen-bond acceptors (Lipinski definition) is 2. The maximum atomic E-state index is 13.2. The van der Waals surface area contributed by atoms with Crippen LogP contribution in [0.15, 0.2) is 47.4 Å². The molecule has 0 heterocycles. The van der Waals surface area contributed by atoms with Crippen LogP contribution < -0.4 is 5.14 Å². The maximum Gasteiger partial charge on any atom is 0.238 e. The van der Waals surface area contributed by atoms with Crippen molar-refractivity contribution in [1.82, 2.24) is 0 Å². The Bertz CT molecular complexity index is 819. The van der Waals surface area contributed by atoms with Gasteiger partial charge >= 0.3 is 0 Å². The SMILES string of the molecule is NS(=O)(=O)c1ccc(C2CC2CCc2ccc(F)c(F)c2)cc1. The molecule has 3 nitrogen and oxygen atoms in total. The lowest BCUT2D eigenvalue weighted by Crippen LogP contribution is -2.11. The molecule has 2 aromatic carbocycles. The lowest BCUT2D eigenvalue weighted by atomic mass is 10.0. The Morgan fingerprint density at radius 2 is 1.74 bits per heavy atom. The van der Waals surface area contributed by atoms with E-state index in [9.17, 15) is 17.2 Å². The largest absolute Gasteiger partial charge is 0.238 e. The Kier molecular flexibility index (Phi) is 4.21. The lowest BCUT2D eigenvalue weighted by Gasteiger charge is -2.04. The molecular formula is C17H17F2NO2S. The summed E-state index contributed by atoms with van der Waals surface area (Å²) in [6.45, 7) is 0. The van der Waals surface area contributed by atoms with E-state index in [1.165, 1.54) is 18.2 Å². The summed E-state index contributed by atoms with van der Waals surface area (Å²) in [5.74, 6) is -0.750. The monoisotopic (exact) mass is 337 g/mol. The fraction of sp³-hybridized carbons (Fsp3) is 0.294. The van der Waals surface area contributed by atoms with Gasteiger partial charge in [0, 0.05) is 0 Å². The number of benzene rings is 2. The minimum atomic E-state index is -3.66. The molecule has 1 aliphatic rings. The Labute approximate surface area is 134 Å². The Morgan fingerprint density at radius 1 is 1.04 bits per heavy atom. The van der Waals surface area contributed by atoms with Crippen LogP contribution in [0.4, 0.5) is 8.78 Å². The van der Waals surface area contributed by atoms with Gasteiger partial charge in [0.2, 0.25) is 10.0 Å². The number of hydrogen-bond donors (Lipinski definition) is 1. The smallest absolute Gasteiger partial charge is 0.225 e. The molecule has 0 aromatic heterocycles. The van der Waals surface area contributed by atoms with E-state index in [1.807, 2.05) is 0 Å². The average molecular weight is 337 g/mol. The fourth-order valence-corrected chi connectivity index (χ4v) is 3.44. The molecule has 0 aliphatic heterocycles. The summed E-state index contributed by atoms with van der Waals surface area (Å²) in [6, 6.07) is 10.6. The van der Waals surface area contributed by atoms with Gasteiger partial charge in [0.25, 0.3) is 0 Å². The fourth-order valence-electron chi connectivity index (χ4n) is 2.93. The number of aryl methyl sites for hydroxylation is 1. The van der Waals surface area contributed by atoms with Crippen LogP contribution in [0.1, 0.15) is 29.9 Å². The van der Waals surface area contributed by atoms with Crippen LogP contribution in [0.25, 0.3) is 0 Å². The first-order chi connectivity index (χ1) is 10.8. The van der Waals surface area contributed by atoms with Crippen molar-refractivity contribution < 1.29 is 17.2 Å². The lowest BCUT2D eigenvalue weighted by molar-refractivity contribution is 0.506. The second-order valence-electron chi connectivity index (χ2n) is 6.00. The predicted octanol–water partition coefficient (Wildman–Crippen LogP) is 3.35. The van der Waals surface area contributed by atoms with Gasteiger partial charge in [-0.1, -0.05) is 18.2 Å². The summed E-state index contributed by atoms with van der Waals surface area (Å²) in [4.78, 5) is 0.111. The van der Waals surface area contributed by atoms with Gasteiger partial charge < -0.3 is 0 Å². The van der Waals surface area contributed by atoms with Crippen LogP contribution >= 0.6 is 0 Å². The molecule has 1 saturated carbocycles. The molecule has 6 heteroatoms. The normalized spacial score (nSPS) is 20.5. The molecule has 122 valence electrons. The first-order valence-corrected chi connectivity index (χ1v) is 8.96. The van der Waals surface area contributed by atoms with Crippen LogP contribution in [0.2, 0.25) is 0 Å². The Morgan fingerprint density at radius 3 is 2.35 bits per heavy atom. The number of nitrogens with two attached hydrogens (primary N) is 1. The highest BCUT2D eigenvalue weighted by Crippen LogP contribution is 2.50. The van der Waals surface area contributed by atoms with Crippen molar-refractivity contribution in [2.75, 3.05) is 0 Å². The van der Waals surface area contributed by atoms with Gasteiger partial charge in [-0.3, -0.25) is 0 Å². The van der Waals surface area contributed by atoms with E-state index in [-0.39, 0.29) is 4.90 Å². The molecule has 3 rings (SSSR count). The van der Waals surface area contributed by atoms with Crippen LogP contribution in [0, 0.1) is 17.6 Å². The molecule has 2 atom stereocenters. The zero-order valence-electron chi connectivity index (χ0n) is 12.4. The van der Waals surface area contributed by atoms with Crippen molar-refractivity contribution in [2.24, 2.45) is 11.1 Å². The van der Waals surface area contributed by atoms with Gasteiger partial charge in [-0.2, -0.15) is 0 Å². The maximum absolute atomic E-state index is 13.2. The van der Waals surface area contributed by atoms with Gasteiger partial charge in [-0.05, 0) is 66.5 Å². The molecular weight excluding hydrogens is 320 g/mol. The molecule has 2 unspecified atom stereocenters. The van der Waals surface area contributed by atoms with E-state index < -0.39 is 21.7 Å². The second kappa shape index (κ2) is 6.02. The first kappa shape index (κ1) is 16.1. The minimum absolute atomic E-state index is 0.111. The summed E-state index contributed by atoms with van der Waals surface area (Å²) >= 11 is 0. The molecule has 2 N–H and O–H groups in total. The molecule has 2 aromatic rings. The zero-order chi connectivity index (χ0) is 16.6. The zero-order valence-corrected chi connectivity index (χ0v) is 13.2. The number of rotatable bonds is 5. The van der Waals surface area contributed by atoms with E-state index in [0.717, 1.165) is 30.0 Å².